The first-order valence-corrected chi connectivity index (χ1v) is 7.21. The van der Waals surface area contributed by atoms with E-state index in [1.807, 2.05) is 18.3 Å². The van der Waals surface area contributed by atoms with E-state index >= 15 is 0 Å². The summed E-state index contributed by atoms with van der Waals surface area (Å²) in [6.07, 6.45) is 1.86. The molecular formula is C17H21N3. The largest absolute Gasteiger partial charge is 0.326 e. The number of likely N-dealkylation sites (tertiary alicyclic amines) is 1. The van der Waals surface area contributed by atoms with Crippen LogP contribution in [0, 0.1) is 0 Å². The molecule has 0 spiro atoms. The Balaban J connectivity index is 1.75. The molecule has 1 fully saturated rings. The Morgan fingerprint density at radius 3 is 2.55 bits per heavy atom. The Bertz CT molecular complexity index is 541. The molecule has 3 atom stereocenters. The molecule has 0 radical (unpaired) electrons. The van der Waals surface area contributed by atoms with Gasteiger partial charge in [-0.1, -0.05) is 36.4 Å². The molecule has 3 nitrogen and oxygen atoms in total. The summed E-state index contributed by atoms with van der Waals surface area (Å²) in [6.45, 7) is 4.14. The van der Waals surface area contributed by atoms with Crippen molar-refractivity contribution in [3.8, 4) is 0 Å². The van der Waals surface area contributed by atoms with Crippen LogP contribution in [-0.4, -0.2) is 29.0 Å². The SMILES string of the molecule is CC(c1ccccn1)N1C[C@@H](N)[C@H](c2ccccc2)C1. The predicted molar refractivity (Wildman–Crippen MR) is 81.4 cm³/mol. The van der Waals surface area contributed by atoms with Gasteiger partial charge < -0.3 is 5.73 Å². The summed E-state index contributed by atoms with van der Waals surface area (Å²) in [5.74, 6) is 0.419. The molecule has 104 valence electrons. The van der Waals surface area contributed by atoms with Gasteiger partial charge in [0.2, 0.25) is 0 Å². The minimum absolute atomic E-state index is 0.198. The Hall–Kier alpha value is -1.71. The summed E-state index contributed by atoms with van der Waals surface area (Å²) in [4.78, 5) is 6.90. The maximum absolute atomic E-state index is 6.36. The molecule has 2 heterocycles. The first kappa shape index (κ1) is 13.3. The number of hydrogen-bond acceptors (Lipinski definition) is 3. The fraction of sp³-hybridized carbons (Fsp3) is 0.353. The molecule has 20 heavy (non-hydrogen) atoms. The lowest BCUT2D eigenvalue weighted by atomic mass is 9.95. The Morgan fingerprint density at radius 2 is 1.85 bits per heavy atom. The number of aromatic nitrogens is 1. The third-order valence-electron chi connectivity index (χ3n) is 4.28. The van der Waals surface area contributed by atoms with Crippen LogP contribution in [0.15, 0.2) is 54.7 Å². The fourth-order valence-electron chi connectivity index (χ4n) is 3.04. The lowest BCUT2D eigenvalue weighted by Crippen LogP contribution is -2.30. The Labute approximate surface area is 120 Å². The van der Waals surface area contributed by atoms with E-state index < -0.39 is 0 Å². The van der Waals surface area contributed by atoms with Crippen LogP contribution in [0.3, 0.4) is 0 Å². The molecule has 0 saturated carbocycles. The zero-order chi connectivity index (χ0) is 13.9. The number of nitrogens with zero attached hydrogens (tertiary/aromatic N) is 2. The van der Waals surface area contributed by atoms with Crippen LogP contribution < -0.4 is 5.73 Å². The van der Waals surface area contributed by atoms with Gasteiger partial charge in [0.25, 0.3) is 0 Å². The van der Waals surface area contributed by atoms with Gasteiger partial charge in [0.15, 0.2) is 0 Å². The molecule has 1 saturated heterocycles. The van der Waals surface area contributed by atoms with Crippen LogP contribution in [0.1, 0.15) is 30.1 Å². The van der Waals surface area contributed by atoms with Crippen molar-refractivity contribution >= 4 is 0 Å². The summed E-state index contributed by atoms with van der Waals surface area (Å²) in [5.41, 5.74) is 8.82. The average molecular weight is 267 g/mol. The van der Waals surface area contributed by atoms with Crippen molar-refractivity contribution in [3.05, 3.63) is 66.0 Å². The van der Waals surface area contributed by atoms with E-state index in [0.29, 0.717) is 12.0 Å². The molecule has 2 N–H and O–H groups in total. The quantitative estimate of drug-likeness (QED) is 0.929. The molecule has 1 aliphatic heterocycles. The highest BCUT2D eigenvalue weighted by Crippen LogP contribution is 2.31. The summed E-state index contributed by atoms with van der Waals surface area (Å²) in [5, 5.41) is 0. The fourth-order valence-corrected chi connectivity index (χ4v) is 3.04. The molecule has 1 aliphatic rings. The van der Waals surface area contributed by atoms with Crippen LogP contribution in [0.5, 0.6) is 0 Å². The minimum atomic E-state index is 0.198. The van der Waals surface area contributed by atoms with E-state index in [0.717, 1.165) is 18.8 Å². The highest BCUT2D eigenvalue weighted by Gasteiger charge is 2.34. The number of nitrogens with two attached hydrogens (primary N) is 1. The smallest absolute Gasteiger partial charge is 0.0572 e. The summed E-state index contributed by atoms with van der Waals surface area (Å²) >= 11 is 0. The first-order valence-electron chi connectivity index (χ1n) is 7.21. The summed E-state index contributed by atoms with van der Waals surface area (Å²) in [6, 6.07) is 17.2. The maximum Gasteiger partial charge on any atom is 0.0572 e. The van der Waals surface area contributed by atoms with Gasteiger partial charge in [-0.15, -0.1) is 0 Å². The molecule has 1 unspecified atom stereocenters. The van der Waals surface area contributed by atoms with E-state index in [9.17, 15) is 0 Å². The monoisotopic (exact) mass is 267 g/mol. The highest BCUT2D eigenvalue weighted by atomic mass is 15.2. The van der Waals surface area contributed by atoms with Gasteiger partial charge in [0.05, 0.1) is 5.69 Å². The topological polar surface area (TPSA) is 42.2 Å². The summed E-state index contributed by atoms with van der Waals surface area (Å²) in [7, 11) is 0. The molecule has 0 bridgehead atoms. The number of pyridine rings is 1. The first-order chi connectivity index (χ1) is 9.75. The maximum atomic E-state index is 6.36. The number of rotatable bonds is 3. The van der Waals surface area contributed by atoms with Gasteiger partial charge >= 0.3 is 0 Å². The molecule has 0 aliphatic carbocycles. The number of hydrogen-bond donors (Lipinski definition) is 1. The molecule has 3 heteroatoms. The van der Waals surface area contributed by atoms with Gasteiger partial charge in [-0.3, -0.25) is 9.88 Å². The van der Waals surface area contributed by atoms with Gasteiger partial charge in [-0.2, -0.15) is 0 Å². The van der Waals surface area contributed by atoms with E-state index in [1.54, 1.807) is 0 Å². The molecule has 1 aromatic heterocycles. The van der Waals surface area contributed by atoms with Crippen molar-refractivity contribution in [3.63, 3.8) is 0 Å². The summed E-state index contributed by atoms with van der Waals surface area (Å²) < 4.78 is 0. The van der Waals surface area contributed by atoms with Crippen molar-refractivity contribution in [2.45, 2.75) is 24.9 Å². The zero-order valence-electron chi connectivity index (χ0n) is 11.8. The van der Waals surface area contributed by atoms with Crippen LogP contribution in [0.25, 0.3) is 0 Å². The van der Waals surface area contributed by atoms with E-state index in [2.05, 4.69) is 53.2 Å². The van der Waals surface area contributed by atoms with Crippen molar-refractivity contribution in [1.29, 1.82) is 0 Å². The van der Waals surface area contributed by atoms with Gasteiger partial charge in [-0.25, -0.2) is 0 Å². The van der Waals surface area contributed by atoms with Gasteiger partial charge in [-0.05, 0) is 24.6 Å². The number of benzene rings is 1. The van der Waals surface area contributed by atoms with Crippen molar-refractivity contribution in [1.82, 2.24) is 9.88 Å². The lowest BCUT2D eigenvalue weighted by molar-refractivity contribution is 0.253. The van der Waals surface area contributed by atoms with Crippen LogP contribution in [0.4, 0.5) is 0 Å². The predicted octanol–water partition coefficient (Wildman–Crippen LogP) is 2.57. The van der Waals surface area contributed by atoms with E-state index in [-0.39, 0.29) is 6.04 Å². The second kappa shape index (κ2) is 5.73. The van der Waals surface area contributed by atoms with Crippen LogP contribution in [-0.2, 0) is 0 Å². The minimum Gasteiger partial charge on any atom is -0.326 e. The van der Waals surface area contributed by atoms with Crippen molar-refractivity contribution in [2.24, 2.45) is 5.73 Å². The second-order valence-electron chi connectivity index (χ2n) is 5.57. The standard InChI is InChI=1S/C17H21N3/c1-13(17-9-5-6-10-19-17)20-11-15(16(18)12-20)14-7-3-2-4-8-14/h2-10,13,15-16H,11-12,18H2,1H3/t13?,15-,16+/m0/s1. The third-order valence-corrected chi connectivity index (χ3v) is 4.28. The Morgan fingerprint density at radius 1 is 1.10 bits per heavy atom. The molecule has 3 rings (SSSR count). The average Bonchev–Trinajstić information content (AvgIpc) is 2.90. The van der Waals surface area contributed by atoms with Gasteiger partial charge in [0, 0.05) is 37.3 Å². The normalized spacial score (nSPS) is 24.7. The molecular weight excluding hydrogens is 246 g/mol. The van der Waals surface area contributed by atoms with Crippen molar-refractivity contribution < 1.29 is 0 Å². The van der Waals surface area contributed by atoms with Crippen LogP contribution >= 0.6 is 0 Å². The van der Waals surface area contributed by atoms with E-state index in [4.69, 9.17) is 5.73 Å². The zero-order valence-corrected chi connectivity index (χ0v) is 11.8. The van der Waals surface area contributed by atoms with Gasteiger partial charge in [0.1, 0.15) is 0 Å². The second-order valence-corrected chi connectivity index (χ2v) is 5.57. The van der Waals surface area contributed by atoms with Crippen LogP contribution in [0.2, 0.25) is 0 Å². The lowest BCUT2D eigenvalue weighted by Gasteiger charge is -2.23. The van der Waals surface area contributed by atoms with Crippen molar-refractivity contribution in [2.75, 3.05) is 13.1 Å². The highest BCUT2D eigenvalue weighted by molar-refractivity contribution is 5.24. The molecule has 0 amide bonds. The van der Waals surface area contributed by atoms with E-state index in [1.165, 1.54) is 5.56 Å². The Kier molecular flexibility index (Phi) is 3.81. The third kappa shape index (κ3) is 2.60. The molecule has 1 aromatic carbocycles. The molecule has 2 aromatic rings.